The third-order valence-electron chi connectivity index (χ3n) is 2.70. The molecule has 1 aromatic heterocycles. The van der Waals surface area contributed by atoms with E-state index in [2.05, 4.69) is 20.7 Å². The second-order valence-corrected chi connectivity index (χ2v) is 4.31. The molecule has 6 nitrogen and oxygen atoms in total. The Kier molecular flexibility index (Phi) is 4.22. The quantitative estimate of drug-likeness (QED) is 0.875. The summed E-state index contributed by atoms with van der Waals surface area (Å²) in [4.78, 5) is 12.9. The standard InChI is InChI=1S/C13H17N5O/c1-3-8-14-12(19)9-18-16-13(15-17-18)11-7-5-4-6-10(11)2/h4-7H,3,8-9H2,1-2H3,(H,14,19). The molecule has 0 aliphatic heterocycles. The van der Waals surface area contributed by atoms with Crippen LogP contribution in [-0.2, 0) is 11.3 Å². The maximum absolute atomic E-state index is 11.5. The topological polar surface area (TPSA) is 72.7 Å². The molecule has 100 valence electrons. The Morgan fingerprint density at radius 2 is 2.16 bits per heavy atom. The van der Waals surface area contributed by atoms with E-state index >= 15 is 0 Å². The number of carbonyl (C=O) groups is 1. The zero-order chi connectivity index (χ0) is 13.7. The van der Waals surface area contributed by atoms with Gasteiger partial charge in [0.2, 0.25) is 11.7 Å². The highest BCUT2D eigenvalue weighted by Gasteiger charge is 2.10. The van der Waals surface area contributed by atoms with Gasteiger partial charge in [-0.3, -0.25) is 4.79 Å². The van der Waals surface area contributed by atoms with Gasteiger partial charge in [0.1, 0.15) is 6.54 Å². The highest BCUT2D eigenvalue weighted by molar-refractivity contribution is 5.75. The van der Waals surface area contributed by atoms with Crippen molar-refractivity contribution in [3.8, 4) is 11.4 Å². The summed E-state index contributed by atoms with van der Waals surface area (Å²) in [6.07, 6.45) is 0.908. The Labute approximate surface area is 111 Å². The van der Waals surface area contributed by atoms with E-state index in [0.29, 0.717) is 12.4 Å². The number of amides is 1. The van der Waals surface area contributed by atoms with Crippen LogP contribution in [0.5, 0.6) is 0 Å². The predicted octanol–water partition coefficient (Wildman–Crippen LogP) is 1.17. The molecular weight excluding hydrogens is 242 g/mol. The van der Waals surface area contributed by atoms with E-state index in [-0.39, 0.29) is 12.5 Å². The van der Waals surface area contributed by atoms with Gasteiger partial charge in [0, 0.05) is 12.1 Å². The fraction of sp³-hybridized carbons (Fsp3) is 0.385. The van der Waals surface area contributed by atoms with Crippen molar-refractivity contribution in [3.05, 3.63) is 29.8 Å². The van der Waals surface area contributed by atoms with Crippen LogP contribution in [0.2, 0.25) is 0 Å². The fourth-order valence-electron chi connectivity index (χ4n) is 1.69. The van der Waals surface area contributed by atoms with Crippen LogP contribution in [0, 0.1) is 6.92 Å². The second kappa shape index (κ2) is 6.08. The van der Waals surface area contributed by atoms with Gasteiger partial charge in [-0.15, -0.1) is 10.2 Å². The Morgan fingerprint density at radius 1 is 1.37 bits per heavy atom. The number of tetrazole rings is 1. The summed E-state index contributed by atoms with van der Waals surface area (Å²) in [6.45, 7) is 4.76. The van der Waals surface area contributed by atoms with Gasteiger partial charge >= 0.3 is 0 Å². The van der Waals surface area contributed by atoms with Crippen molar-refractivity contribution in [2.45, 2.75) is 26.8 Å². The summed E-state index contributed by atoms with van der Waals surface area (Å²) in [5.41, 5.74) is 2.01. The average molecular weight is 259 g/mol. The van der Waals surface area contributed by atoms with Gasteiger partial charge < -0.3 is 5.32 Å². The minimum atomic E-state index is -0.101. The molecule has 0 saturated heterocycles. The lowest BCUT2D eigenvalue weighted by Crippen LogP contribution is -2.29. The van der Waals surface area contributed by atoms with Crippen molar-refractivity contribution in [2.75, 3.05) is 6.54 Å². The van der Waals surface area contributed by atoms with Gasteiger partial charge in [0.15, 0.2) is 0 Å². The van der Waals surface area contributed by atoms with Gasteiger partial charge in [0.05, 0.1) is 0 Å². The number of benzene rings is 1. The highest BCUT2D eigenvalue weighted by atomic mass is 16.2. The summed E-state index contributed by atoms with van der Waals surface area (Å²) in [5.74, 6) is 0.442. The Bertz CT molecular complexity index is 564. The molecule has 6 heteroatoms. The molecule has 19 heavy (non-hydrogen) atoms. The van der Waals surface area contributed by atoms with Crippen LogP contribution in [-0.4, -0.2) is 32.7 Å². The van der Waals surface area contributed by atoms with Gasteiger partial charge in [-0.2, -0.15) is 4.80 Å². The van der Waals surface area contributed by atoms with Gasteiger partial charge in [-0.1, -0.05) is 31.2 Å². The molecule has 1 N–H and O–H groups in total. The van der Waals surface area contributed by atoms with E-state index in [4.69, 9.17) is 0 Å². The molecule has 1 aromatic carbocycles. The number of hydrogen-bond donors (Lipinski definition) is 1. The van der Waals surface area contributed by atoms with Crippen molar-refractivity contribution >= 4 is 5.91 Å². The first kappa shape index (κ1) is 13.2. The Hall–Kier alpha value is -2.24. The first-order chi connectivity index (χ1) is 9.20. The molecule has 0 fully saturated rings. The second-order valence-electron chi connectivity index (χ2n) is 4.31. The number of hydrogen-bond acceptors (Lipinski definition) is 4. The number of aromatic nitrogens is 4. The molecule has 2 aromatic rings. The Morgan fingerprint density at radius 3 is 2.89 bits per heavy atom. The fourth-order valence-corrected chi connectivity index (χ4v) is 1.69. The minimum Gasteiger partial charge on any atom is -0.354 e. The number of rotatable bonds is 5. The first-order valence-corrected chi connectivity index (χ1v) is 6.31. The maximum atomic E-state index is 11.5. The SMILES string of the molecule is CCCNC(=O)Cn1nnc(-c2ccccc2C)n1. The van der Waals surface area contributed by atoms with Crippen LogP contribution < -0.4 is 5.32 Å². The smallest absolute Gasteiger partial charge is 0.243 e. The lowest BCUT2D eigenvalue weighted by molar-refractivity contribution is -0.122. The Balaban J connectivity index is 2.07. The largest absolute Gasteiger partial charge is 0.354 e. The molecule has 0 bridgehead atoms. The molecule has 0 atom stereocenters. The summed E-state index contributed by atoms with van der Waals surface area (Å²) >= 11 is 0. The van der Waals surface area contributed by atoms with Gasteiger partial charge in [0.25, 0.3) is 0 Å². The molecule has 0 saturated carbocycles. The van der Waals surface area contributed by atoms with Gasteiger partial charge in [-0.05, 0) is 24.1 Å². The molecule has 0 radical (unpaired) electrons. The van der Waals surface area contributed by atoms with Crippen LogP contribution in [0.1, 0.15) is 18.9 Å². The summed E-state index contributed by atoms with van der Waals surface area (Å²) in [5, 5.41) is 14.9. The van der Waals surface area contributed by atoms with Crippen LogP contribution >= 0.6 is 0 Å². The highest BCUT2D eigenvalue weighted by Crippen LogP contribution is 2.17. The van der Waals surface area contributed by atoms with Crippen LogP contribution in [0.4, 0.5) is 0 Å². The lowest BCUT2D eigenvalue weighted by Gasteiger charge is -2.01. The monoisotopic (exact) mass is 259 g/mol. The average Bonchev–Trinajstić information content (AvgIpc) is 2.85. The number of nitrogens with one attached hydrogen (secondary N) is 1. The maximum Gasteiger partial charge on any atom is 0.243 e. The molecule has 0 aliphatic rings. The summed E-state index contributed by atoms with van der Waals surface area (Å²) < 4.78 is 0. The predicted molar refractivity (Wildman–Crippen MR) is 71.3 cm³/mol. The summed E-state index contributed by atoms with van der Waals surface area (Å²) in [6, 6.07) is 7.82. The molecule has 1 heterocycles. The van der Waals surface area contributed by atoms with E-state index in [1.165, 1.54) is 4.80 Å². The third-order valence-corrected chi connectivity index (χ3v) is 2.70. The molecule has 2 rings (SSSR count). The van der Waals surface area contributed by atoms with Crippen molar-refractivity contribution < 1.29 is 4.79 Å². The zero-order valence-corrected chi connectivity index (χ0v) is 11.1. The first-order valence-electron chi connectivity index (χ1n) is 6.31. The van der Waals surface area contributed by atoms with Crippen molar-refractivity contribution in [3.63, 3.8) is 0 Å². The molecular formula is C13H17N5O. The number of nitrogens with zero attached hydrogens (tertiary/aromatic N) is 4. The van der Waals surface area contributed by atoms with E-state index in [1.807, 2.05) is 38.1 Å². The van der Waals surface area contributed by atoms with Crippen LogP contribution in [0.25, 0.3) is 11.4 Å². The van der Waals surface area contributed by atoms with E-state index in [0.717, 1.165) is 17.5 Å². The number of aryl methyl sites for hydroxylation is 1. The molecule has 1 amide bonds. The van der Waals surface area contributed by atoms with Crippen LogP contribution in [0.15, 0.2) is 24.3 Å². The third kappa shape index (κ3) is 3.37. The van der Waals surface area contributed by atoms with Crippen LogP contribution in [0.3, 0.4) is 0 Å². The van der Waals surface area contributed by atoms with E-state index < -0.39 is 0 Å². The lowest BCUT2D eigenvalue weighted by atomic mass is 10.1. The molecule has 0 spiro atoms. The number of carbonyl (C=O) groups excluding carboxylic acids is 1. The van der Waals surface area contributed by atoms with Crippen molar-refractivity contribution in [2.24, 2.45) is 0 Å². The van der Waals surface area contributed by atoms with E-state index in [1.54, 1.807) is 0 Å². The van der Waals surface area contributed by atoms with E-state index in [9.17, 15) is 4.79 Å². The van der Waals surface area contributed by atoms with Crippen molar-refractivity contribution in [1.29, 1.82) is 0 Å². The molecule has 0 aliphatic carbocycles. The van der Waals surface area contributed by atoms with Gasteiger partial charge in [-0.25, -0.2) is 0 Å². The molecule has 0 unspecified atom stereocenters. The van der Waals surface area contributed by atoms with Crippen molar-refractivity contribution in [1.82, 2.24) is 25.5 Å². The summed E-state index contributed by atoms with van der Waals surface area (Å²) in [7, 11) is 0. The normalized spacial score (nSPS) is 10.4. The minimum absolute atomic E-state index is 0.0961. The zero-order valence-electron chi connectivity index (χ0n) is 11.1.